The molecule has 0 saturated carbocycles. The van der Waals surface area contributed by atoms with E-state index in [2.05, 4.69) is 5.32 Å². The minimum absolute atomic E-state index is 0.0113. The molecular weight excluding hydrogens is 280 g/mol. The Balaban J connectivity index is 2.28. The van der Waals surface area contributed by atoms with Gasteiger partial charge in [-0.2, -0.15) is 0 Å². The maximum absolute atomic E-state index is 11.9. The van der Waals surface area contributed by atoms with Gasteiger partial charge in [-0.1, -0.05) is 6.07 Å². The highest BCUT2D eigenvalue weighted by atomic mass is 16.6. The first kappa shape index (κ1) is 15.7. The third kappa shape index (κ3) is 3.49. The first-order valence-electron chi connectivity index (χ1n) is 6.97. The van der Waals surface area contributed by atoms with Gasteiger partial charge in [0.2, 0.25) is 0 Å². The number of hydrogen-bond donors (Lipinski definition) is 1. The minimum atomic E-state index is -0.525. The van der Waals surface area contributed by atoms with Crippen molar-refractivity contribution >= 4 is 17.2 Å². The van der Waals surface area contributed by atoms with Crippen LogP contribution in [0.1, 0.15) is 29.7 Å². The van der Waals surface area contributed by atoms with E-state index in [1.165, 1.54) is 24.6 Å². The van der Waals surface area contributed by atoms with Gasteiger partial charge in [0.05, 0.1) is 4.92 Å². The zero-order valence-electron chi connectivity index (χ0n) is 12.8. The highest BCUT2D eigenvalue weighted by Gasteiger charge is 2.18. The zero-order valence-corrected chi connectivity index (χ0v) is 12.8. The molecule has 0 fully saturated rings. The lowest BCUT2D eigenvalue weighted by Crippen LogP contribution is -2.18. The molecule has 2 aromatic carbocycles. The Morgan fingerprint density at radius 3 is 2.23 bits per heavy atom. The predicted octanol–water partition coefficient (Wildman–Crippen LogP) is 3.95. The summed E-state index contributed by atoms with van der Waals surface area (Å²) in [4.78, 5) is 22.2. The number of carbonyl (C=O) groups excluding carboxylic acids is 1. The van der Waals surface area contributed by atoms with Crippen molar-refractivity contribution in [2.75, 3.05) is 5.32 Å². The summed E-state index contributed by atoms with van der Waals surface area (Å²) < 4.78 is 0. The molecule has 1 unspecified atom stereocenters. The summed E-state index contributed by atoms with van der Waals surface area (Å²) in [6, 6.07) is 11.4. The number of nitro benzene ring substituents is 1. The number of Topliss-reactive ketones (excluding diaryl/α,β-unsaturated/α-hetero) is 1. The highest BCUT2D eigenvalue weighted by molar-refractivity contribution is 5.86. The van der Waals surface area contributed by atoms with Crippen LogP contribution in [-0.2, 0) is 4.79 Å². The second-order valence-corrected chi connectivity index (χ2v) is 5.34. The Morgan fingerprint density at radius 1 is 1.09 bits per heavy atom. The molecule has 0 aliphatic heterocycles. The average Bonchev–Trinajstić information content (AvgIpc) is 2.48. The molecule has 2 rings (SSSR count). The first-order chi connectivity index (χ1) is 10.4. The van der Waals surface area contributed by atoms with E-state index in [9.17, 15) is 14.9 Å². The molecule has 1 atom stereocenters. The van der Waals surface area contributed by atoms with Crippen LogP contribution in [0.5, 0.6) is 0 Å². The molecule has 0 bridgehead atoms. The van der Waals surface area contributed by atoms with Gasteiger partial charge in [0.1, 0.15) is 6.04 Å². The Bertz CT molecular complexity index is 708. The molecule has 5 heteroatoms. The van der Waals surface area contributed by atoms with Crippen molar-refractivity contribution in [2.24, 2.45) is 0 Å². The molecule has 0 spiro atoms. The van der Waals surface area contributed by atoms with E-state index >= 15 is 0 Å². The second-order valence-electron chi connectivity index (χ2n) is 5.34. The fraction of sp³-hybridized carbons (Fsp3) is 0.235. The van der Waals surface area contributed by atoms with E-state index in [0.29, 0.717) is 5.56 Å². The van der Waals surface area contributed by atoms with Gasteiger partial charge >= 0.3 is 0 Å². The van der Waals surface area contributed by atoms with Crippen molar-refractivity contribution in [2.45, 2.75) is 26.8 Å². The van der Waals surface area contributed by atoms with Gasteiger partial charge in [0.15, 0.2) is 5.78 Å². The maximum Gasteiger partial charge on any atom is 0.269 e. The van der Waals surface area contributed by atoms with Crippen LogP contribution in [0.15, 0.2) is 42.5 Å². The number of non-ortho nitro benzene ring substituents is 1. The predicted molar refractivity (Wildman–Crippen MR) is 86.1 cm³/mol. The van der Waals surface area contributed by atoms with Crippen LogP contribution < -0.4 is 5.32 Å². The summed E-state index contributed by atoms with van der Waals surface area (Å²) in [5.41, 5.74) is 3.88. The van der Waals surface area contributed by atoms with Gasteiger partial charge in [-0.3, -0.25) is 14.9 Å². The Hall–Kier alpha value is -2.69. The lowest BCUT2D eigenvalue weighted by atomic mass is 10.0. The third-order valence-electron chi connectivity index (χ3n) is 3.66. The summed E-state index contributed by atoms with van der Waals surface area (Å²) in [6.45, 7) is 5.53. The number of anilines is 1. The van der Waals surface area contributed by atoms with Gasteiger partial charge in [-0.25, -0.2) is 0 Å². The molecule has 1 N–H and O–H groups in total. The Labute approximate surface area is 129 Å². The minimum Gasteiger partial charge on any atom is -0.372 e. The molecule has 5 nitrogen and oxygen atoms in total. The van der Waals surface area contributed by atoms with Crippen molar-refractivity contribution in [1.29, 1.82) is 0 Å². The SMILES string of the molecule is CC(=O)C(Nc1ccc(C)c(C)c1)c1ccc([N+](=O)[O-])cc1. The van der Waals surface area contributed by atoms with Crippen LogP contribution in [0, 0.1) is 24.0 Å². The topological polar surface area (TPSA) is 72.2 Å². The largest absolute Gasteiger partial charge is 0.372 e. The number of hydrogen-bond acceptors (Lipinski definition) is 4. The van der Waals surface area contributed by atoms with E-state index in [0.717, 1.165) is 11.3 Å². The molecule has 0 aliphatic rings. The van der Waals surface area contributed by atoms with Crippen LogP contribution in [0.2, 0.25) is 0 Å². The molecule has 0 saturated heterocycles. The summed E-state index contributed by atoms with van der Waals surface area (Å²) in [5.74, 6) is -0.0490. The van der Waals surface area contributed by atoms with E-state index in [-0.39, 0.29) is 11.5 Å². The molecular formula is C17H18N2O3. The smallest absolute Gasteiger partial charge is 0.269 e. The quantitative estimate of drug-likeness (QED) is 0.670. The number of carbonyl (C=O) groups is 1. The van der Waals surface area contributed by atoms with Gasteiger partial charge in [0.25, 0.3) is 5.69 Å². The van der Waals surface area contributed by atoms with Gasteiger partial charge < -0.3 is 5.32 Å². The van der Waals surface area contributed by atoms with Gasteiger partial charge in [0, 0.05) is 17.8 Å². The van der Waals surface area contributed by atoms with Crippen LogP contribution in [0.4, 0.5) is 11.4 Å². The molecule has 0 aliphatic carbocycles. The second kappa shape index (κ2) is 6.39. The standard InChI is InChI=1S/C17H18N2O3/c1-11-4-7-15(10-12(11)2)18-17(13(3)20)14-5-8-16(9-6-14)19(21)22/h4-10,17-18H,1-3H3. The maximum atomic E-state index is 11.9. The fourth-order valence-electron chi connectivity index (χ4n) is 2.21. The van der Waals surface area contributed by atoms with Crippen molar-refractivity contribution in [3.05, 3.63) is 69.3 Å². The molecule has 2 aromatic rings. The van der Waals surface area contributed by atoms with E-state index in [4.69, 9.17) is 0 Å². The number of nitro groups is 1. The summed E-state index contributed by atoms with van der Waals surface area (Å²) in [7, 11) is 0. The molecule has 0 heterocycles. The number of benzene rings is 2. The first-order valence-corrected chi connectivity index (χ1v) is 6.97. The lowest BCUT2D eigenvalue weighted by Gasteiger charge is -2.18. The van der Waals surface area contributed by atoms with Gasteiger partial charge in [-0.05, 0) is 61.7 Å². The molecule has 0 amide bonds. The summed E-state index contributed by atoms with van der Waals surface area (Å²) in [5, 5.41) is 13.9. The summed E-state index contributed by atoms with van der Waals surface area (Å²) >= 11 is 0. The third-order valence-corrected chi connectivity index (χ3v) is 3.66. The Kier molecular flexibility index (Phi) is 4.56. The van der Waals surface area contributed by atoms with Crippen LogP contribution in [0.3, 0.4) is 0 Å². The Morgan fingerprint density at radius 2 is 1.73 bits per heavy atom. The molecule has 22 heavy (non-hydrogen) atoms. The van der Waals surface area contributed by atoms with Crippen molar-refractivity contribution in [1.82, 2.24) is 0 Å². The van der Waals surface area contributed by atoms with Crippen molar-refractivity contribution < 1.29 is 9.72 Å². The average molecular weight is 298 g/mol. The number of ketones is 1. The van der Waals surface area contributed by atoms with Gasteiger partial charge in [-0.15, -0.1) is 0 Å². The van der Waals surface area contributed by atoms with Crippen LogP contribution >= 0.6 is 0 Å². The van der Waals surface area contributed by atoms with E-state index < -0.39 is 11.0 Å². The van der Waals surface area contributed by atoms with Crippen molar-refractivity contribution in [3.8, 4) is 0 Å². The summed E-state index contributed by atoms with van der Waals surface area (Å²) in [6.07, 6.45) is 0. The fourth-order valence-corrected chi connectivity index (χ4v) is 2.21. The van der Waals surface area contributed by atoms with E-state index in [1.807, 2.05) is 32.0 Å². The number of aryl methyl sites for hydroxylation is 2. The number of nitrogens with zero attached hydrogens (tertiary/aromatic N) is 1. The molecule has 114 valence electrons. The van der Waals surface area contributed by atoms with E-state index in [1.54, 1.807) is 12.1 Å². The van der Waals surface area contributed by atoms with Crippen LogP contribution in [-0.4, -0.2) is 10.7 Å². The van der Waals surface area contributed by atoms with Crippen LogP contribution in [0.25, 0.3) is 0 Å². The monoisotopic (exact) mass is 298 g/mol. The normalized spacial score (nSPS) is 11.8. The zero-order chi connectivity index (χ0) is 16.3. The highest BCUT2D eigenvalue weighted by Crippen LogP contribution is 2.24. The number of rotatable bonds is 5. The number of nitrogens with one attached hydrogen (secondary N) is 1. The molecule has 0 aromatic heterocycles. The van der Waals surface area contributed by atoms with Crippen molar-refractivity contribution in [3.63, 3.8) is 0 Å². The lowest BCUT2D eigenvalue weighted by molar-refractivity contribution is -0.384. The molecule has 0 radical (unpaired) electrons.